The number of carboxylic acids is 1. The number of aliphatic carboxylic acids is 1. The monoisotopic (exact) mass is 404 g/mol. The lowest BCUT2D eigenvalue weighted by atomic mass is 10.1. The maximum absolute atomic E-state index is 11.0. The van der Waals surface area contributed by atoms with Crippen LogP contribution in [0.15, 0.2) is 60.7 Å². The van der Waals surface area contributed by atoms with Gasteiger partial charge < -0.3 is 26.4 Å². The molecule has 8 heteroatoms. The van der Waals surface area contributed by atoms with Crippen LogP contribution in [0.1, 0.15) is 18.1 Å². The Bertz CT molecular complexity index is 710. The van der Waals surface area contributed by atoms with Crippen molar-refractivity contribution >= 4 is 18.4 Å². The van der Waals surface area contributed by atoms with E-state index in [0.29, 0.717) is 12.8 Å². The van der Waals surface area contributed by atoms with Crippen LogP contribution < -0.4 is 11.5 Å². The average molecular weight is 404 g/mol. The van der Waals surface area contributed by atoms with Gasteiger partial charge in [-0.2, -0.15) is 0 Å². The number of rotatable bonds is 7. The van der Waals surface area contributed by atoms with Crippen molar-refractivity contribution in [2.45, 2.75) is 31.8 Å². The van der Waals surface area contributed by atoms with E-state index in [0.717, 1.165) is 11.1 Å². The van der Waals surface area contributed by atoms with Crippen LogP contribution in [0, 0.1) is 0 Å². The SMILES string of the molecule is CCO.N[C@@H](Cc1ccccc1)C(=O)O.N[C@@H](Cc1ccccc1)C(=O)OC=O. The topological polar surface area (TPSA) is 153 Å². The minimum absolute atomic E-state index is 0.0905. The van der Waals surface area contributed by atoms with Crippen molar-refractivity contribution in [1.29, 1.82) is 0 Å². The maximum Gasteiger partial charge on any atom is 0.330 e. The Kier molecular flexibility index (Phi) is 14.2. The Morgan fingerprint density at radius 3 is 1.66 bits per heavy atom. The predicted molar refractivity (Wildman–Crippen MR) is 109 cm³/mol. The first-order chi connectivity index (χ1) is 13.8. The number of carboxylic acid groups (broad SMARTS) is 1. The molecule has 6 N–H and O–H groups in total. The third-order valence-corrected chi connectivity index (χ3v) is 3.38. The van der Waals surface area contributed by atoms with Crippen LogP contribution in [0.2, 0.25) is 0 Å². The minimum Gasteiger partial charge on any atom is -0.480 e. The molecule has 2 aromatic rings. The molecule has 2 rings (SSSR count). The molecule has 0 heterocycles. The summed E-state index contributed by atoms with van der Waals surface area (Å²) in [6.07, 6.45) is 0.754. The van der Waals surface area contributed by atoms with E-state index in [1.807, 2.05) is 60.7 Å². The standard InChI is InChI=1S/C10H11NO3.C9H11NO2.C2H6O/c11-9(10(13)14-7-12)6-8-4-2-1-3-5-8;10-8(9(11)12)6-7-4-2-1-3-5-7;1-2-3/h1-5,7,9H,6,11H2;1-5,8H,6,10H2,(H,11,12);3H,2H2,1H3/t9-;8-;/m00./s1. The molecule has 0 radical (unpaired) electrons. The molecule has 2 aromatic carbocycles. The first kappa shape index (κ1) is 25.9. The molecular weight excluding hydrogens is 376 g/mol. The number of benzene rings is 2. The highest BCUT2D eigenvalue weighted by atomic mass is 16.6. The number of aliphatic hydroxyl groups is 1. The summed E-state index contributed by atoms with van der Waals surface area (Å²) < 4.78 is 4.13. The van der Waals surface area contributed by atoms with Gasteiger partial charge in [-0.05, 0) is 30.9 Å². The van der Waals surface area contributed by atoms with Gasteiger partial charge in [0, 0.05) is 6.61 Å². The Hall–Kier alpha value is -3.07. The molecule has 0 saturated carbocycles. The van der Waals surface area contributed by atoms with Crippen molar-refractivity contribution in [1.82, 2.24) is 0 Å². The number of carbonyl (C=O) groups is 3. The maximum atomic E-state index is 11.0. The normalized spacial score (nSPS) is 11.4. The van der Waals surface area contributed by atoms with Gasteiger partial charge >= 0.3 is 18.4 Å². The fraction of sp³-hybridized carbons (Fsp3) is 0.286. The lowest BCUT2D eigenvalue weighted by Crippen LogP contribution is -2.34. The van der Waals surface area contributed by atoms with Crippen molar-refractivity contribution < 1.29 is 29.3 Å². The lowest BCUT2D eigenvalue weighted by molar-refractivity contribution is -0.152. The van der Waals surface area contributed by atoms with Crippen molar-refractivity contribution in [3.63, 3.8) is 0 Å². The number of hydrogen-bond donors (Lipinski definition) is 4. The van der Waals surface area contributed by atoms with Crippen LogP contribution in [-0.4, -0.2) is 47.3 Å². The minimum atomic E-state index is -0.959. The van der Waals surface area contributed by atoms with Crippen molar-refractivity contribution in [3.05, 3.63) is 71.8 Å². The summed E-state index contributed by atoms with van der Waals surface area (Å²) in [4.78, 5) is 31.2. The van der Waals surface area contributed by atoms with E-state index in [1.165, 1.54) is 0 Å². The number of nitrogens with two attached hydrogens (primary N) is 2. The molecule has 8 nitrogen and oxygen atoms in total. The van der Waals surface area contributed by atoms with E-state index in [-0.39, 0.29) is 13.1 Å². The Morgan fingerprint density at radius 2 is 1.31 bits per heavy atom. The van der Waals surface area contributed by atoms with Crippen molar-refractivity contribution in [2.24, 2.45) is 11.5 Å². The fourth-order valence-corrected chi connectivity index (χ4v) is 2.04. The lowest BCUT2D eigenvalue weighted by Gasteiger charge is -2.07. The Morgan fingerprint density at radius 1 is 0.931 bits per heavy atom. The molecule has 0 bridgehead atoms. The van der Waals surface area contributed by atoms with Gasteiger partial charge in [0.2, 0.25) is 0 Å². The smallest absolute Gasteiger partial charge is 0.330 e. The number of carbonyl (C=O) groups excluding carboxylic acids is 2. The van der Waals surface area contributed by atoms with Gasteiger partial charge in [0.25, 0.3) is 0 Å². The summed E-state index contributed by atoms with van der Waals surface area (Å²) in [6, 6.07) is 17.0. The van der Waals surface area contributed by atoms with Gasteiger partial charge in [-0.15, -0.1) is 0 Å². The summed E-state index contributed by atoms with van der Waals surface area (Å²) >= 11 is 0. The van der Waals surface area contributed by atoms with Gasteiger partial charge in [0.05, 0.1) is 0 Å². The molecule has 0 unspecified atom stereocenters. The van der Waals surface area contributed by atoms with Crippen LogP contribution in [-0.2, 0) is 32.0 Å². The molecule has 0 aromatic heterocycles. The van der Waals surface area contributed by atoms with E-state index < -0.39 is 24.0 Å². The quantitative estimate of drug-likeness (QED) is 0.301. The van der Waals surface area contributed by atoms with Gasteiger partial charge in [0.1, 0.15) is 12.1 Å². The molecule has 0 aliphatic rings. The van der Waals surface area contributed by atoms with Gasteiger partial charge in [-0.1, -0.05) is 60.7 Å². The Labute approximate surface area is 170 Å². The number of aliphatic hydroxyl groups excluding tert-OH is 1. The van der Waals surface area contributed by atoms with Crippen LogP contribution in [0.25, 0.3) is 0 Å². The molecule has 158 valence electrons. The second-order valence-electron chi connectivity index (χ2n) is 5.78. The van der Waals surface area contributed by atoms with Gasteiger partial charge in [0.15, 0.2) is 0 Å². The third-order valence-electron chi connectivity index (χ3n) is 3.38. The summed E-state index contributed by atoms with van der Waals surface area (Å²) in [6.45, 7) is 2.02. The Balaban J connectivity index is 0.000000481. The largest absolute Gasteiger partial charge is 0.480 e. The zero-order valence-corrected chi connectivity index (χ0v) is 16.3. The summed E-state index contributed by atoms with van der Waals surface area (Å²) in [7, 11) is 0. The highest BCUT2D eigenvalue weighted by molar-refractivity contribution is 5.81. The molecular formula is C21H28N2O6. The molecule has 0 amide bonds. The van der Waals surface area contributed by atoms with Crippen molar-refractivity contribution in [2.75, 3.05) is 6.61 Å². The van der Waals surface area contributed by atoms with Gasteiger partial charge in [-0.25, -0.2) is 4.79 Å². The summed E-state index contributed by atoms with van der Waals surface area (Å²) in [5.74, 6) is -1.66. The first-order valence-corrected chi connectivity index (χ1v) is 8.92. The van der Waals surface area contributed by atoms with E-state index >= 15 is 0 Å². The van der Waals surface area contributed by atoms with E-state index in [4.69, 9.17) is 21.7 Å². The number of hydrogen-bond acceptors (Lipinski definition) is 7. The fourth-order valence-electron chi connectivity index (χ4n) is 2.04. The summed E-state index contributed by atoms with van der Waals surface area (Å²) in [5, 5.41) is 16.1. The molecule has 29 heavy (non-hydrogen) atoms. The molecule has 0 aliphatic carbocycles. The second kappa shape index (κ2) is 15.9. The van der Waals surface area contributed by atoms with Crippen molar-refractivity contribution in [3.8, 4) is 0 Å². The highest BCUT2D eigenvalue weighted by Crippen LogP contribution is 2.02. The van der Waals surface area contributed by atoms with Crippen LogP contribution in [0.5, 0.6) is 0 Å². The first-order valence-electron chi connectivity index (χ1n) is 8.92. The molecule has 2 atom stereocenters. The van der Waals surface area contributed by atoms with E-state index in [1.54, 1.807) is 6.92 Å². The van der Waals surface area contributed by atoms with E-state index in [2.05, 4.69) is 4.74 Å². The van der Waals surface area contributed by atoms with E-state index in [9.17, 15) is 14.4 Å². The zero-order valence-electron chi connectivity index (χ0n) is 16.3. The average Bonchev–Trinajstić information content (AvgIpc) is 2.70. The van der Waals surface area contributed by atoms with Crippen LogP contribution in [0.4, 0.5) is 0 Å². The molecule has 0 fully saturated rings. The molecule has 0 aliphatic heterocycles. The number of ether oxygens (including phenoxy) is 1. The highest BCUT2D eigenvalue weighted by Gasteiger charge is 2.15. The van der Waals surface area contributed by atoms with Crippen LogP contribution >= 0.6 is 0 Å². The predicted octanol–water partition coefficient (Wildman–Crippen LogP) is 0.896. The molecule has 0 spiro atoms. The molecule has 0 saturated heterocycles. The second-order valence-corrected chi connectivity index (χ2v) is 5.78. The third kappa shape index (κ3) is 12.9. The van der Waals surface area contributed by atoms with Crippen LogP contribution in [0.3, 0.4) is 0 Å². The van der Waals surface area contributed by atoms with Gasteiger partial charge in [-0.3, -0.25) is 9.59 Å². The summed E-state index contributed by atoms with van der Waals surface area (Å²) in [5.41, 5.74) is 12.7. The number of esters is 1. The zero-order chi connectivity index (χ0) is 22.1.